The Labute approximate surface area is 89.6 Å². The van der Waals surface area contributed by atoms with E-state index in [0.29, 0.717) is 6.61 Å². The maximum absolute atomic E-state index is 10.7. The summed E-state index contributed by atoms with van der Waals surface area (Å²) in [6.45, 7) is 4.03. The van der Waals surface area contributed by atoms with Gasteiger partial charge in [0.25, 0.3) is 0 Å². The summed E-state index contributed by atoms with van der Waals surface area (Å²) < 4.78 is 0. The van der Waals surface area contributed by atoms with Crippen LogP contribution < -0.4 is 0 Å². The fourth-order valence-corrected chi connectivity index (χ4v) is 1.13. The van der Waals surface area contributed by atoms with Gasteiger partial charge in [-0.2, -0.15) is 0 Å². The van der Waals surface area contributed by atoms with Gasteiger partial charge in [0.2, 0.25) is 0 Å². The van der Waals surface area contributed by atoms with E-state index in [4.69, 9.17) is 4.84 Å². The highest BCUT2D eigenvalue weighted by Crippen LogP contribution is 2.18. The van der Waals surface area contributed by atoms with Gasteiger partial charge < -0.3 is 14.7 Å². The molecule has 0 saturated carbocycles. The highest BCUT2D eigenvalue weighted by atomic mass is 16.6. The van der Waals surface area contributed by atoms with Crippen LogP contribution in [0.4, 0.5) is 0 Å². The van der Waals surface area contributed by atoms with E-state index in [1.165, 1.54) is 0 Å². The Morgan fingerprint density at radius 2 is 2.33 bits per heavy atom. The Kier molecular flexibility index (Phi) is 4.03. The topological polar surface area (TPSA) is 58.9 Å². The zero-order chi connectivity index (χ0) is 11.3. The van der Waals surface area contributed by atoms with Gasteiger partial charge >= 0.3 is 0 Å². The van der Waals surface area contributed by atoms with Crippen molar-refractivity contribution in [2.45, 2.75) is 32.8 Å². The zero-order valence-electron chi connectivity index (χ0n) is 9.14. The third-order valence-corrected chi connectivity index (χ3v) is 2.39. The maximum atomic E-state index is 10.7. The maximum Gasteiger partial charge on any atom is 0.128 e. The molecule has 0 amide bonds. The fourth-order valence-electron chi connectivity index (χ4n) is 1.13. The molecule has 1 aliphatic heterocycles. The van der Waals surface area contributed by atoms with E-state index >= 15 is 0 Å². The van der Waals surface area contributed by atoms with Gasteiger partial charge in [0.05, 0.1) is 11.8 Å². The molecular formula is C11H17NO3. The van der Waals surface area contributed by atoms with Gasteiger partial charge in [0, 0.05) is 5.41 Å². The lowest BCUT2D eigenvalue weighted by atomic mass is 9.88. The van der Waals surface area contributed by atoms with Gasteiger partial charge in [0.15, 0.2) is 0 Å². The SMILES string of the molecule is CC(C)(C=O)C(O)/C=C\C1=NOCCC1. The van der Waals surface area contributed by atoms with Gasteiger partial charge in [0.1, 0.15) is 12.9 Å². The number of carbonyl (C=O) groups is 1. The Balaban J connectivity index is 2.56. The molecule has 0 spiro atoms. The summed E-state index contributed by atoms with van der Waals surface area (Å²) in [5, 5.41) is 13.5. The molecule has 1 heterocycles. The Morgan fingerprint density at radius 1 is 1.60 bits per heavy atom. The van der Waals surface area contributed by atoms with Crippen LogP contribution in [0.5, 0.6) is 0 Å². The van der Waals surface area contributed by atoms with Crippen molar-refractivity contribution in [3.05, 3.63) is 12.2 Å². The fraction of sp³-hybridized carbons (Fsp3) is 0.636. The summed E-state index contributed by atoms with van der Waals surface area (Å²) in [7, 11) is 0. The quantitative estimate of drug-likeness (QED) is 0.713. The first-order valence-corrected chi connectivity index (χ1v) is 5.08. The molecule has 15 heavy (non-hydrogen) atoms. The first-order valence-electron chi connectivity index (χ1n) is 5.08. The smallest absolute Gasteiger partial charge is 0.128 e. The van der Waals surface area contributed by atoms with Crippen molar-refractivity contribution in [1.29, 1.82) is 0 Å². The van der Waals surface area contributed by atoms with Crippen LogP contribution in [0.3, 0.4) is 0 Å². The van der Waals surface area contributed by atoms with E-state index < -0.39 is 11.5 Å². The van der Waals surface area contributed by atoms with Crippen LogP contribution in [0.15, 0.2) is 17.3 Å². The number of carbonyl (C=O) groups excluding carboxylic acids is 1. The Morgan fingerprint density at radius 3 is 2.87 bits per heavy atom. The standard InChI is InChI=1S/C11H17NO3/c1-11(2,8-13)10(14)6-5-9-4-3-7-15-12-9/h5-6,8,10,14H,3-4,7H2,1-2H3/b6-5-. The van der Waals surface area contributed by atoms with Gasteiger partial charge in [-0.3, -0.25) is 0 Å². The summed E-state index contributed by atoms with van der Waals surface area (Å²) in [5.41, 5.74) is 0.0500. The number of oxime groups is 1. The zero-order valence-corrected chi connectivity index (χ0v) is 9.14. The van der Waals surface area contributed by atoms with Crippen molar-refractivity contribution in [3.63, 3.8) is 0 Å². The minimum Gasteiger partial charge on any atom is -0.396 e. The number of aliphatic hydroxyl groups is 1. The molecule has 84 valence electrons. The van der Waals surface area contributed by atoms with Crippen LogP contribution in [-0.4, -0.2) is 29.8 Å². The summed E-state index contributed by atoms with van der Waals surface area (Å²) in [6.07, 6.45) is 5.05. The van der Waals surface area contributed by atoms with Crippen LogP contribution in [0.25, 0.3) is 0 Å². The average Bonchev–Trinajstić information content (AvgIpc) is 2.27. The second-order valence-corrected chi connectivity index (χ2v) is 4.26. The number of allylic oxidation sites excluding steroid dienone is 1. The summed E-state index contributed by atoms with van der Waals surface area (Å²) in [4.78, 5) is 15.6. The van der Waals surface area contributed by atoms with Crippen molar-refractivity contribution >= 4 is 12.0 Å². The minimum absolute atomic E-state index is 0.653. The van der Waals surface area contributed by atoms with Gasteiger partial charge in [-0.05, 0) is 18.9 Å². The number of rotatable bonds is 4. The molecule has 1 atom stereocenters. The van der Waals surface area contributed by atoms with E-state index in [2.05, 4.69) is 5.16 Å². The van der Waals surface area contributed by atoms with Gasteiger partial charge in [-0.1, -0.05) is 25.1 Å². The molecule has 0 saturated heterocycles. The summed E-state index contributed by atoms with van der Waals surface area (Å²) in [5.74, 6) is 0. The number of hydrogen-bond donors (Lipinski definition) is 1. The van der Waals surface area contributed by atoms with Crippen LogP contribution in [-0.2, 0) is 9.63 Å². The van der Waals surface area contributed by atoms with Crippen LogP contribution in [0, 0.1) is 5.41 Å². The van der Waals surface area contributed by atoms with Crippen LogP contribution >= 0.6 is 0 Å². The van der Waals surface area contributed by atoms with E-state index in [1.807, 2.05) is 0 Å². The van der Waals surface area contributed by atoms with Crippen molar-refractivity contribution < 1.29 is 14.7 Å². The Hall–Kier alpha value is -1.16. The molecule has 1 rings (SSSR count). The second-order valence-electron chi connectivity index (χ2n) is 4.26. The molecule has 0 bridgehead atoms. The van der Waals surface area contributed by atoms with Crippen molar-refractivity contribution in [1.82, 2.24) is 0 Å². The predicted octanol–water partition coefficient (Wildman–Crippen LogP) is 1.29. The molecular weight excluding hydrogens is 194 g/mol. The molecule has 0 aromatic carbocycles. The first-order chi connectivity index (χ1) is 7.06. The number of aliphatic hydroxyl groups excluding tert-OH is 1. The molecule has 0 aromatic heterocycles. The summed E-state index contributed by atoms with van der Waals surface area (Å²) >= 11 is 0. The molecule has 0 fully saturated rings. The van der Waals surface area contributed by atoms with E-state index in [1.54, 1.807) is 26.0 Å². The molecule has 0 aliphatic carbocycles. The van der Waals surface area contributed by atoms with Gasteiger partial charge in [-0.25, -0.2) is 0 Å². The highest BCUT2D eigenvalue weighted by molar-refractivity contribution is 5.94. The normalized spacial score (nSPS) is 19.5. The molecule has 4 heteroatoms. The van der Waals surface area contributed by atoms with E-state index in [0.717, 1.165) is 24.8 Å². The van der Waals surface area contributed by atoms with Gasteiger partial charge in [-0.15, -0.1) is 0 Å². The van der Waals surface area contributed by atoms with Crippen molar-refractivity contribution in [2.75, 3.05) is 6.61 Å². The number of nitrogens with zero attached hydrogens (tertiary/aromatic N) is 1. The lowest BCUT2D eigenvalue weighted by molar-refractivity contribution is -0.118. The molecule has 4 nitrogen and oxygen atoms in total. The van der Waals surface area contributed by atoms with Crippen LogP contribution in [0.2, 0.25) is 0 Å². The van der Waals surface area contributed by atoms with Crippen LogP contribution in [0.1, 0.15) is 26.7 Å². The number of aldehydes is 1. The molecule has 0 radical (unpaired) electrons. The van der Waals surface area contributed by atoms with Crippen molar-refractivity contribution in [3.8, 4) is 0 Å². The lowest BCUT2D eigenvalue weighted by Gasteiger charge is -2.21. The predicted molar refractivity (Wildman–Crippen MR) is 57.6 cm³/mol. The second kappa shape index (κ2) is 5.07. The molecule has 0 aromatic rings. The minimum atomic E-state index is -0.792. The summed E-state index contributed by atoms with van der Waals surface area (Å²) in [6, 6.07) is 0. The lowest BCUT2D eigenvalue weighted by Crippen LogP contribution is -2.29. The third kappa shape index (κ3) is 3.47. The average molecular weight is 211 g/mol. The number of hydrogen-bond acceptors (Lipinski definition) is 4. The third-order valence-electron chi connectivity index (χ3n) is 2.39. The van der Waals surface area contributed by atoms with Crippen molar-refractivity contribution in [2.24, 2.45) is 10.6 Å². The van der Waals surface area contributed by atoms with E-state index in [-0.39, 0.29) is 0 Å². The first kappa shape index (κ1) is 11.9. The largest absolute Gasteiger partial charge is 0.396 e. The van der Waals surface area contributed by atoms with E-state index in [9.17, 15) is 9.90 Å². The highest BCUT2D eigenvalue weighted by Gasteiger charge is 2.24. The Bertz CT molecular complexity index is 282. The molecule has 1 N–H and O–H groups in total. The molecule has 1 unspecified atom stereocenters. The monoisotopic (exact) mass is 211 g/mol. The molecule has 1 aliphatic rings.